The molecule has 1 amide bonds. The average molecular weight is 518 g/mol. The third-order valence-electron chi connectivity index (χ3n) is 4.57. The van der Waals surface area contributed by atoms with Crippen molar-refractivity contribution in [2.45, 2.75) is 23.3 Å². The molecular formula is C20H23Cl3N6O4. The van der Waals surface area contributed by atoms with Gasteiger partial charge in [0, 0.05) is 30.4 Å². The number of hydrogen-bond acceptors (Lipinski definition) is 8. The van der Waals surface area contributed by atoms with E-state index in [0.717, 1.165) is 0 Å². The molecule has 0 aliphatic carbocycles. The molecule has 2 aromatic heterocycles. The van der Waals surface area contributed by atoms with E-state index in [9.17, 15) is 4.79 Å². The highest BCUT2D eigenvalue weighted by Crippen LogP contribution is 2.41. The van der Waals surface area contributed by atoms with Crippen molar-refractivity contribution in [1.29, 1.82) is 0 Å². The van der Waals surface area contributed by atoms with Crippen LogP contribution in [0.1, 0.15) is 13.3 Å². The number of anilines is 3. The summed E-state index contributed by atoms with van der Waals surface area (Å²) in [4.78, 5) is 23.8. The van der Waals surface area contributed by atoms with Crippen LogP contribution in [0.3, 0.4) is 0 Å². The highest BCUT2D eigenvalue weighted by atomic mass is 35.6. The molecule has 33 heavy (non-hydrogen) atoms. The molecule has 1 unspecified atom stereocenters. The first-order valence-electron chi connectivity index (χ1n) is 9.74. The van der Waals surface area contributed by atoms with Gasteiger partial charge in [0.05, 0.1) is 26.7 Å². The van der Waals surface area contributed by atoms with Gasteiger partial charge < -0.3 is 35.1 Å². The summed E-state index contributed by atoms with van der Waals surface area (Å²) in [6.07, 6.45) is 0.856. The minimum absolute atomic E-state index is 0.118. The van der Waals surface area contributed by atoms with Gasteiger partial charge in [-0.15, -0.1) is 0 Å². The summed E-state index contributed by atoms with van der Waals surface area (Å²) in [5.74, 6) is 1.65. The third kappa shape index (κ3) is 5.76. The number of hydrogen-bond donors (Lipinski definition) is 4. The summed E-state index contributed by atoms with van der Waals surface area (Å²) in [7, 11) is 4.58. The number of carbonyl (C=O) groups is 1. The van der Waals surface area contributed by atoms with E-state index in [1.54, 1.807) is 25.3 Å². The van der Waals surface area contributed by atoms with Gasteiger partial charge >= 0.3 is 0 Å². The fourth-order valence-electron chi connectivity index (χ4n) is 2.98. The van der Waals surface area contributed by atoms with Crippen LogP contribution in [-0.4, -0.2) is 52.1 Å². The SMILES string of the molecule is CCC(=O)NC(Nc1nc(Nc2cc(OC)c(OC)c(OC)c2)c2cc[nH]c2n1)C(Cl)(Cl)Cl. The van der Waals surface area contributed by atoms with Crippen molar-refractivity contribution < 1.29 is 19.0 Å². The molecule has 0 saturated carbocycles. The Morgan fingerprint density at radius 3 is 2.33 bits per heavy atom. The molecule has 0 aliphatic heterocycles. The first kappa shape index (κ1) is 24.8. The van der Waals surface area contributed by atoms with Crippen LogP contribution in [0.5, 0.6) is 17.2 Å². The number of H-pyrrole nitrogens is 1. The molecule has 0 fully saturated rings. The Balaban J connectivity index is 2.00. The topological polar surface area (TPSA) is 122 Å². The molecule has 0 radical (unpaired) electrons. The molecule has 0 aliphatic rings. The van der Waals surface area contributed by atoms with Crippen LogP contribution < -0.4 is 30.2 Å². The van der Waals surface area contributed by atoms with Crippen LogP contribution >= 0.6 is 34.8 Å². The minimum Gasteiger partial charge on any atom is -0.493 e. The number of alkyl halides is 3. The molecule has 4 N–H and O–H groups in total. The number of fused-ring (bicyclic) bond motifs is 1. The van der Waals surface area contributed by atoms with Crippen LogP contribution in [-0.2, 0) is 4.79 Å². The van der Waals surface area contributed by atoms with Crippen molar-refractivity contribution >= 4 is 69.2 Å². The van der Waals surface area contributed by atoms with E-state index in [1.807, 2.05) is 6.07 Å². The van der Waals surface area contributed by atoms with Gasteiger partial charge in [-0.1, -0.05) is 41.7 Å². The molecule has 1 atom stereocenters. The number of methoxy groups -OCH3 is 3. The van der Waals surface area contributed by atoms with E-state index >= 15 is 0 Å². The summed E-state index contributed by atoms with van der Waals surface area (Å²) in [5, 5.41) is 9.41. The predicted molar refractivity (Wildman–Crippen MR) is 129 cm³/mol. The Kier molecular flexibility index (Phi) is 7.83. The van der Waals surface area contributed by atoms with E-state index in [4.69, 9.17) is 49.0 Å². The predicted octanol–water partition coefficient (Wildman–Crippen LogP) is 4.36. The maximum atomic E-state index is 11.9. The van der Waals surface area contributed by atoms with Gasteiger partial charge in [-0.05, 0) is 6.07 Å². The van der Waals surface area contributed by atoms with Crippen LogP contribution in [0.15, 0.2) is 24.4 Å². The maximum Gasteiger partial charge on any atom is 0.228 e. The highest BCUT2D eigenvalue weighted by Gasteiger charge is 2.34. The molecule has 0 spiro atoms. The molecule has 0 saturated heterocycles. The Morgan fingerprint density at radius 2 is 1.79 bits per heavy atom. The number of carbonyl (C=O) groups excluding carboxylic acids is 1. The number of ether oxygens (including phenoxy) is 3. The van der Waals surface area contributed by atoms with Gasteiger partial charge in [0.1, 0.15) is 17.6 Å². The molecule has 10 nitrogen and oxygen atoms in total. The lowest BCUT2D eigenvalue weighted by Gasteiger charge is -2.26. The maximum absolute atomic E-state index is 11.9. The average Bonchev–Trinajstić information content (AvgIpc) is 3.26. The number of rotatable bonds is 9. The minimum atomic E-state index is -1.86. The Bertz CT molecular complexity index is 1110. The second-order valence-electron chi connectivity index (χ2n) is 6.71. The van der Waals surface area contributed by atoms with Crippen LogP contribution in [0.4, 0.5) is 17.5 Å². The standard InChI is InChI=1S/C20H23Cl3N6O4/c1-5-14(30)26-18(20(21,22)23)29-19-27-16-11(6-7-24-16)17(28-19)25-10-8-12(31-2)15(33-4)13(9-10)32-3/h6-9,18H,5H2,1-4H3,(H,26,30)(H3,24,25,27,28,29). The first-order valence-corrected chi connectivity index (χ1v) is 10.9. The number of halogens is 3. The molecule has 2 heterocycles. The summed E-state index contributed by atoms with van der Waals surface area (Å²) in [5.41, 5.74) is 1.14. The summed E-state index contributed by atoms with van der Waals surface area (Å²) < 4.78 is 14.3. The summed E-state index contributed by atoms with van der Waals surface area (Å²) >= 11 is 18.1. The number of aromatic nitrogens is 3. The molecule has 13 heteroatoms. The Hall–Kier alpha value is -2.82. The van der Waals surface area contributed by atoms with Crippen LogP contribution in [0, 0.1) is 0 Å². The normalized spacial score (nSPS) is 12.2. The molecule has 1 aromatic carbocycles. The quantitative estimate of drug-likeness (QED) is 0.244. The lowest BCUT2D eigenvalue weighted by molar-refractivity contribution is -0.121. The van der Waals surface area contributed by atoms with Gasteiger partial charge in [-0.3, -0.25) is 4.79 Å². The Morgan fingerprint density at radius 1 is 1.12 bits per heavy atom. The number of amides is 1. The van der Waals surface area contributed by atoms with Crippen molar-refractivity contribution in [2.75, 3.05) is 32.0 Å². The number of aromatic amines is 1. The zero-order valence-corrected chi connectivity index (χ0v) is 20.5. The number of nitrogens with one attached hydrogen (secondary N) is 4. The zero-order chi connectivity index (χ0) is 24.2. The summed E-state index contributed by atoms with van der Waals surface area (Å²) in [6.45, 7) is 1.69. The van der Waals surface area contributed by atoms with Gasteiger partial charge in [0.2, 0.25) is 21.4 Å². The van der Waals surface area contributed by atoms with E-state index in [1.165, 1.54) is 21.3 Å². The van der Waals surface area contributed by atoms with Gasteiger partial charge in [0.25, 0.3) is 0 Å². The van der Waals surface area contributed by atoms with Gasteiger partial charge in [-0.2, -0.15) is 9.97 Å². The fraction of sp³-hybridized carbons (Fsp3) is 0.350. The van der Waals surface area contributed by atoms with Crippen LogP contribution in [0.25, 0.3) is 11.0 Å². The van der Waals surface area contributed by atoms with Crippen LogP contribution in [0.2, 0.25) is 0 Å². The van der Waals surface area contributed by atoms with E-state index < -0.39 is 9.96 Å². The molecule has 0 bridgehead atoms. The van der Waals surface area contributed by atoms with Crippen molar-refractivity contribution in [3.05, 3.63) is 24.4 Å². The second kappa shape index (κ2) is 10.4. The first-order chi connectivity index (χ1) is 15.7. The molecule has 178 valence electrons. The van der Waals surface area contributed by atoms with Gasteiger partial charge in [-0.25, -0.2) is 0 Å². The lowest BCUT2D eigenvalue weighted by Crippen LogP contribution is -2.49. The van der Waals surface area contributed by atoms with Crippen molar-refractivity contribution in [1.82, 2.24) is 20.3 Å². The Labute approximate surface area is 205 Å². The van der Waals surface area contributed by atoms with E-state index in [-0.39, 0.29) is 18.3 Å². The number of benzene rings is 1. The third-order valence-corrected chi connectivity index (χ3v) is 5.23. The number of nitrogens with zero attached hydrogens (tertiary/aromatic N) is 2. The van der Waals surface area contributed by atoms with Crippen molar-refractivity contribution in [3.8, 4) is 17.2 Å². The van der Waals surface area contributed by atoms with E-state index in [0.29, 0.717) is 39.8 Å². The highest BCUT2D eigenvalue weighted by molar-refractivity contribution is 6.68. The van der Waals surface area contributed by atoms with Crippen molar-refractivity contribution in [3.63, 3.8) is 0 Å². The second-order valence-corrected chi connectivity index (χ2v) is 9.08. The molecular weight excluding hydrogens is 495 g/mol. The fourth-order valence-corrected chi connectivity index (χ4v) is 3.31. The van der Waals surface area contributed by atoms with Crippen molar-refractivity contribution in [2.24, 2.45) is 0 Å². The monoisotopic (exact) mass is 516 g/mol. The lowest BCUT2D eigenvalue weighted by atomic mass is 10.2. The van der Waals surface area contributed by atoms with E-state index in [2.05, 4.69) is 30.9 Å². The molecule has 3 rings (SSSR count). The zero-order valence-electron chi connectivity index (χ0n) is 18.3. The largest absolute Gasteiger partial charge is 0.493 e. The van der Waals surface area contributed by atoms with Gasteiger partial charge in [0.15, 0.2) is 11.5 Å². The summed E-state index contributed by atoms with van der Waals surface area (Å²) in [6, 6.07) is 5.28. The molecule has 3 aromatic rings. The smallest absolute Gasteiger partial charge is 0.228 e.